The Morgan fingerprint density at radius 1 is 1.16 bits per heavy atom. The Morgan fingerprint density at radius 3 is 2.52 bits per heavy atom. The Labute approximate surface area is 150 Å². The van der Waals surface area contributed by atoms with Crippen LogP contribution in [0.4, 0.5) is 11.5 Å². The maximum absolute atomic E-state index is 12.2. The van der Waals surface area contributed by atoms with Gasteiger partial charge in [-0.15, -0.1) is 0 Å². The third-order valence-electron chi connectivity index (χ3n) is 3.72. The summed E-state index contributed by atoms with van der Waals surface area (Å²) in [5.41, 5.74) is 0.942. The Hall–Kier alpha value is -2.54. The summed E-state index contributed by atoms with van der Waals surface area (Å²) in [6, 6.07) is 5.23. The lowest BCUT2D eigenvalue weighted by Gasteiger charge is -2.14. The molecule has 1 saturated carbocycles. The lowest BCUT2D eigenvalue weighted by atomic mass is 10.2. The quantitative estimate of drug-likeness (QED) is 0.821. The number of halogens is 1. The minimum absolute atomic E-state index is 0.197. The van der Waals surface area contributed by atoms with E-state index in [2.05, 4.69) is 20.6 Å². The number of anilines is 2. The molecular formula is C17H19ClN4O3. The van der Waals surface area contributed by atoms with Gasteiger partial charge in [0, 0.05) is 24.2 Å². The van der Waals surface area contributed by atoms with Crippen LogP contribution < -0.4 is 20.1 Å². The second-order valence-electron chi connectivity index (χ2n) is 5.75. The van der Waals surface area contributed by atoms with Gasteiger partial charge >= 0.3 is 0 Å². The molecule has 0 bridgehead atoms. The van der Waals surface area contributed by atoms with E-state index in [1.165, 1.54) is 7.11 Å². The molecule has 1 amide bonds. The van der Waals surface area contributed by atoms with E-state index >= 15 is 0 Å². The van der Waals surface area contributed by atoms with Crippen molar-refractivity contribution < 1.29 is 14.3 Å². The second kappa shape index (κ2) is 7.14. The van der Waals surface area contributed by atoms with Crippen molar-refractivity contribution in [3.8, 4) is 11.5 Å². The summed E-state index contributed by atoms with van der Waals surface area (Å²) in [5.74, 6) is 1.81. The lowest BCUT2D eigenvalue weighted by molar-refractivity contribution is 0.0945. The lowest BCUT2D eigenvalue weighted by Crippen LogP contribution is -2.26. The van der Waals surface area contributed by atoms with Gasteiger partial charge in [-0.25, -0.2) is 9.97 Å². The van der Waals surface area contributed by atoms with Crippen molar-refractivity contribution in [3.05, 3.63) is 34.7 Å². The normalized spacial score (nSPS) is 13.3. The average Bonchev–Trinajstić information content (AvgIpc) is 3.39. The SMILES string of the molecule is COc1cc(Nc2cc(C(=O)NC3CC3)nc(C)n2)c(OC)cc1Cl. The Balaban J connectivity index is 1.89. The van der Waals surface area contributed by atoms with Crippen LogP contribution >= 0.6 is 11.6 Å². The highest BCUT2D eigenvalue weighted by Gasteiger charge is 2.24. The molecule has 132 valence electrons. The number of amides is 1. The number of carbonyl (C=O) groups excluding carboxylic acids is 1. The topological polar surface area (TPSA) is 85.4 Å². The van der Waals surface area contributed by atoms with Crippen LogP contribution in [-0.2, 0) is 0 Å². The Morgan fingerprint density at radius 2 is 1.88 bits per heavy atom. The zero-order valence-electron chi connectivity index (χ0n) is 14.2. The Bertz CT molecular complexity index is 809. The maximum atomic E-state index is 12.2. The van der Waals surface area contributed by atoms with Gasteiger partial charge in [0.05, 0.1) is 24.9 Å². The predicted octanol–water partition coefficient (Wildman–Crippen LogP) is 3.09. The van der Waals surface area contributed by atoms with Gasteiger partial charge in [-0.05, 0) is 19.8 Å². The molecule has 2 aromatic rings. The van der Waals surface area contributed by atoms with Crippen LogP contribution in [0.5, 0.6) is 11.5 Å². The molecule has 0 unspecified atom stereocenters. The van der Waals surface area contributed by atoms with Gasteiger partial charge in [-0.3, -0.25) is 4.79 Å². The molecule has 0 aliphatic heterocycles. The number of methoxy groups -OCH3 is 2. The third-order valence-corrected chi connectivity index (χ3v) is 4.02. The number of benzene rings is 1. The molecule has 3 rings (SSSR count). The largest absolute Gasteiger partial charge is 0.495 e. The van der Waals surface area contributed by atoms with E-state index in [9.17, 15) is 4.79 Å². The summed E-state index contributed by atoms with van der Waals surface area (Å²) in [5, 5.41) is 6.49. The molecule has 1 fully saturated rings. The number of aryl methyl sites for hydroxylation is 1. The van der Waals surface area contributed by atoms with E-state index in [-0.39, 0.29) is 11.9 Å². The van der Waals surface area contributed by atoms with Crippen LogP contribution in [0.15, 0.2) is 18.2 Å². The highest BCUT2D eigenvalue weighted by Crippen LogP contribution is 2.37. The van der Waals surface area contributed by atoms with Crippen molar-refractivity contribution >= 4 is 29.0 Å². The van der Waals surface area contributed by atoms with E-state index in [1.807, 2.05) is 0 Å². The summed E-state index contributed by atoms with van der Waals surface area (Å²) < 4.78 is 10.6. The van der Waals surface area contributed by atoms with Gasteiger partial charge in [0.25, 0.3) is 5.91 Å². The van der Waals surface area contributed by atoms with Crippen LogP contribution in [0, 0.1) is 6.92 Å². The summed E-state index contributed by atoms with van der Waals surface area (Å²) in [6.45, 7) is 1.73. The van der Waals surface area contributed by atoms with Crippen LogP contribution in [0.3, 0.4) is 0 Å². The number of aromatic nitrogens is 2. The highest BCUT2D eigenvalue weighted by molar-refractivity contribution is 6.32. The number of hydrogen-bond donors (Lipinski definition) is 2. The van der Waals surface area contributed by atoms with E-state index in [0.29, 0.717) is 39.5 Å². The van der Waals surface area contributed by atoms with E-state index in [0.717, 1.165) is 12.8 Å². The number of carbonyl (C=O) groups is 1. The number of ether oxygens (including phenoxy) is 2. The number of nitrogens with zero attached hydrogens (tertiary/aromatic N) is 2. The first-order chi connectivity index (χ1) is 12.0. The summed E-state index contributed by atoms with van der Waals surface area (Å²) in [4.78, 5) is 20.8. The van der Waals surface area contributed by atoms with Crippen molar-refractivity contribution in [2.24, 2.45) is 0 Å². The van der Waals surface area contributed by atoms with Crippen molar-refractivity contribution in [1.29, 1.82) is 0 Å². The van der Waals surface area contributed by atoms with Gasteiger partial charge in [-0.1, -0.05) is 11.6 Å². The number of nitrogens with one attached hydrogen (secondary N) is 2. The molecule has 1 aliphatic carbocycles. The molecule has 0 saturated heterocycles. The van der Waals surface area contributed by atoms with Crippen LogP contribution in [0.1, 0.15) is 29.2 Å². The number of rotatable bonds is 6. The first-order valence-electron chi connectivity index (χ1n) is 7.85. The molecule has 1 aromatic heterocycles. The van der Waals surface area contributed by atoms with Gasteiger partial charge in [-0.2, -0.15) is 0 Å². The van der Waals surface area contributed by atoms with Crippen molar-refractivity contribution in [3.63, 3.8) is 0 Å². The van der Waals surface area contributed by atoms with Crippen LogP contribution in [0.2, 0.25) is 5.02 Å². The van der Waals surface area contributed by atoms with Crippen LogP contribution in [-0.4, -0.2) is 36.1 Å². The summed E-state index contributed by atoms with van der Waals surface area (Å²) in [6.07, 6.45) is 2.03. The standard InChI is InChI=1S/C17H19ClN4O3/c1-9-19-13(17(23)21-10-4-5-10)8-16(20-9)22-12-7-14(24-2)11(18)6-15(12)25-3/h6-8,10H,4-5H2,1-3H3,(H,21,23)(H,19,20,22). The first kappa shape index (κ1) is 17.3. The molecule has 1 aliphatic rings. The maximum Gasteiger partial charge on any atom is 0.270 e. The molecule has 25 heavy (non-hydrogen) atoms. The zero-order valence-corrected chi connectivity index (χ0v) is 15.0. The van der Waals surface area contributed by atoms with Gasteiger partial charge in [0.2, 0.25) is 0 Å². The monoisotopic (exact) mass is 362 g/mol. The van der Waals surface area contributed by atoms with Gasteiger partial charge in [0.1, 0.15) is 28.8 Å². The van der Waals surface area contributed by atoms with Gasteiger partial charge < -0.3 is 20.1 Å². The molecule has 2 N–H and O–H groups in total. The molecular weight excluding hydrogens is 344 g/mol. The van der Waals surface area contributed by atoms with Crippen LogP contribution in [0.25, 0.3) is 0 Å². The smallest absolute Gasteiger partial charge is 0.270 e. The molecule has 7 nitrogen and oxygen atoms in total. The molecule has 0 spiro atoms. The van der Waals surface area contributed by atoms with Crippen molar-refractivity contribution in [1.82, 2.24) is 15.3 Å². The molecule has 1 aromatic carbocycles. The summed E-state index contributed by atoms with van der Waals surface area (Å²) >= 11 is 6.12. The van der Waals surface area contributed by atoms with E-state index in [4.69, 9.17) is 21.1 Å². The molecule has 8 heteroatoms. The van der Waals surface area contributed by atoms with E-state index < -0.39 is 0 Å². The summed E-state index contributed by atoms with van der Waals surface area (Å²) in [7, 11) is 3.08. The fourth-order valence-electron chi connectivity index (χ4n) is 2.33. The first-order valence-corrected chi connectivity index (χ1v) is 8.23. The van der Waals surface area contributed by atoms with Crippen molar-refractivity contribution in [2.45, 2.75) is 25.8 Å². The predicted molar refractivity (Wildman–Crippen MR) is 95.1 cm³/mol. The third kappa shape index (κ3) is 4.11. The minimum Gasteiger partial charge on any atom is -0.495 e. The molecule has 0 atom stereocenters. The average molecular weight is 363 g/mol. The molecule has 0 radical (unpaired) electrons. The van der Waals surface area contributed by atoms with Crippen molar-refractivity contribution in [2.75, 3.05) is 19.5 Å². The second-order valence-corrected chi connectivity index (χ2v) is 6.15. The number of hydrogen-bond acceptors (Lipinski definition) is 6. The van der Waals surface area contributed by atoms with E-state index in [1.54, 1.807) is 32.2 Å². The Kier molecular flexibility index (Phi) is 4.94. The molecule has 1 heterocycles. The fourth-order valence-corrected chi connectivity index (χ4v) is 2.56. The fraction of sp³-hybridized carbons (Fsp3) is 0.353. The highest BCUT2D eigenvalue weighted by atomic mass is 35.5. The van der Waals surface area contributed by atoms with Gasteiger partial charge in [0.15, 0.2) is 0 Å². The zero-order chi connectivity index (χ0) is 18.0. The minimum atomic E-state index is -0.197.